The third-order valence-electron chi connectivity index (χ3n) is 3.07. The van der Waals surface area contributed by atoms with E-state index in [0.717, 1.165) is 6.42 Å². The Morgan fingerprint density at radius 2 is 1.86 bits per heavy atom. The fourth-order valence-corrected chi connectivity index (χ4v) is 2.90. The number of carbonyl (C=O) groups is 1. The topological polar surface area (TPSA) is 95.5 Å². The van der Waals surface area contributed by atoms with Crippen molar-refractivity contribution in [2.45, 2.75) is 37.6 Å². The van der Waals surface area contributed by atoms with Crippen molar-refractivity contribution < 1.29 is 18.3 Å². The Morgan fingerprint density at radius 3 is 2.33 bits per heavy atom. The van der Waals surface area contributed by atoms with Gasteiger partial charge in [-0.2, -0.15) is 0 Å². The second-order valence-corrected chi connectivity index (χ2v) is 6.38. The molecule has 0 fully saturated rings. The van der Waals surface area contributed by atoms with Crippen molar-refractivity contribution >= 4 is 15.9 Å². The Labute approximate surface area is 125 Å². The predicted octanol–water partition coefficient (Wildman–Crippen LogP) is 0.876. The van der Waals surface area contributed by atoms with Gasteiger partial charge in [0.05, 0.1) is 4.90 Å². The van der Waals surface area contributed by atoms with Gasteiger partial charge in [-0.3, -0.25) is 4.79 Å². The van der Waals surface area contributed by atoms with Gasteiger partial charge in [0, 0.05) is 24.8 Å². The highest BCUT2D eigenvalue weighted by atomic mass is 32.2. The SMILES string of the molecule is CCNS(=O)(=O)c1ccc(C(=O)NC(CC)CCO)cc1. The summed E-state index contributed by atoms with van der Waals surface area (Å²) in [5.41, 5.74) is 0.391. The van der Waals surface area contributed by atoms with Crippen LogP contribution in [-0.4, -0.2) is 38.6 Å². The first-order valence-corrected chi connectivity index (χ1v) is 8.44. The molecule has 21 heavy (non-hydrogen) atoms. The number of nitrogens with one attached hydrogen (secondary N) is 2. The van der Waals surface area contributed by atoms with Crippen LogP contribution in [0.2, 0.25) is 0 Å². The van der Waals surface area contributed by atoms with Crippen LogP contribution in [0.3, 0.4) is 0 Å². The molecule has 0 saturated carbocycles. The standard InChI is InChI=1S/C14H22N2O4S/c1-3-12(9-10-17)16-14(18)11-5-7-13(8-6-11)21(19,20)15-4-2/h5-8,12,15,17H,3-4,9-10H2,1-2H3,(H,16,18). The van der Waals surface area contributed by atoms with Crippen LogP contribution in [0.4, 0.5) is 0 Å². The third-order valence-corrected chi connectivity index (χ3v) is 4.63. The smallest absolute Gasteiger partial charge is 0.251 e. The van der Waals surface area contributed by atoms with Gasteiger partial charge in [-0.25, -0.2) is 13.1 Å². The van der Waals surface area contributed by atoms with Crippen LogP contribution in [0.1, 0.15) is 37.0 Å². The first-order chi connectivity index (χ1) is 9.94. The molecule has 118 valence electrons. The van der Waals surface area contributed by atoms with Gasteiger partial charge in [0.2, 0.25) is 10.0 Å². The third kappa shape index (κ3) is 5.11. The molecule has 0 aromatic heterocycles. The van der Waals surface area contributed by atoms with E-state index in [4.69, 9.17) is 5.11 Å². The van der Waals surface area contributed by atoms with Gasteiger partial charge in [-0.15, -0.1) is 0 Å². The molecule has 0 radical (unpaired) electrons. The summed E-state index contributed by atoms with van der Waals surface area (Å²) in [6, 6.07) is 5.67. The van der Waals surface area contributed by atoms with Gasteiger partial charge in [-0.05, 0) is 37.1 Å². The fourth-order valence-electron chi connectivity index (χ4n) is 1.86. The van der Waals surface area contributed by atoms with Gasteiger partial charge in [0.15, 0.2) is 0 Å². The Balaban J connectivity index is 2.80. The molecule has 1 rings (SSSR count). The predicted molar refractivity (Wildman–Crippen MR) is 80.6 cm³/mol. The number of amides is 1. The number of hydrogen-bond donors (Lipinski definition) is 3. The molecule has 1 amide bonds. The van der Waals surface area contributed by atoms with Gasteiger partial charge < -0.3 is 10.4 Å². The molecular formula is C14H22N2O4S. The number of carbonyl (C=O) groups excluding carboxylic acids is 1. The number of sulfonamides is 1. The molecule has 1 atom stereocenters. The van der Waals surface area contributed by atoms with Crippen molar-refractivity contribution in [3.63, 3.8) is 0 Å². The Bertz CT molecular complexity index is 555. The molecule has 1 unspecified atom stereocenters. The minimum Gasteiger partial charge on any atom is -0.396 e. The number of aliphatic hydroxyl groups excluding tert-OH is 1. The van der Waals surface area contributed by atoms with E-state index in [9.17, 15) is 13.2 Å². The zero-order chi connectivity index (χ0) is 15.9. The lowest BCUT2D eigenvalue weighted by molar-refractivity contribution is 0.0929. The quantitative estimate of drug-likeness (QED) is 0.663. The van der Waals surface area contributed by atoms with Crippen molar-refractivity contribution in [3.05, 3.63) is 29.8 Å². The van der Waals surface area contributed by atoms with Crippen LogP contribution in [-0.2, 0) is 10.0 Å². The lowest BCUT2D eigenvalue weighted by Crippen LogP contribution is -2.35. The maximum absolute atomic E-state index is 12.0. The van der Waals surface area contributed by atoms with Crippen LogP contribution < -0.4 is 10.0 Å². The maximum Gasteiger partial charge on any atom is 0.251 e. The zero-order valence-electron chi connectivity index (χ0n) is 12.3. The molecule has 0 heterocycles. The minimum absolute atomic E-state index is 0.0126. The summed E-state index contributed by atoms with van der Waals surface area (Å²) in [7, 11) is -3.50. The maximum atomic E-state index is 12.0. The van der Waals surface area contributed by atoms with E-state index in [1.54, 1.807) is 6.92 Å². The van der Waals surface area contributed by atoms with Crippen molar-refractivity contribution in [2.75, 3.05) is 13.2 Å². The van der Waals surface area contributed by atoms with E-state index in [-0.39, 0.29) is 23.5 Å². The molecule has 0 bridgehead atoms. The average molecular weight is 314 g/mol. The molecule has 7 heteroatoms. The summed E-state index contributed by atoms with van der Waals surface area (Å²) in [4.78, 5) is 12.1. The molecule has 3 N–H and O–H groups in total. The summed E-state index contributed by atoms with van der Waals surface area (Å²) in [5.74, 6) is -0.275. The molecular weight excluding hydrogens is 292 g/mol. The highest BCUT2D eigenvalue weighted by Gasteiger charge is 2.15. The van der Waals surface area contributed by atoms with E-state index in [0.29, 0.717) is 18.5 Å². The van der Waals surface area contributed by atoms with E-state index in [1.165, 1.54) is 24.3 Å². The largest absolute Gasteiger partial charge is 0.396 e. The van der Waals surface area contributed by atoms with E-state index < -0.39 is 10.0 Å². The highest BCUT2D eigenvalue weighted by Crippen LogP contribution is 2.11. The van der Waals surface area contributed by atoms with Crippen LogP contribution in [0.15, 0.2) is 29.2 Å². The number of aliphatic hydroxyl groups is 1. The fraction of sp³-hybridized carbons (Fsp3) is 0.500. The van der Waals surface area contributed by atoms with E-state index >= 15 is 0 Å². The van der Waals surface area contributed by atoms with Crippen molar-refractivity contribution in [2.24, 2.45) is 0 Å². The van der Waals surface area contributed by atoms with Crippen LogP contribution in [0, 0.1) is 0 Å². The second-order valence-electron chi connectivity index (χ2n) is 4.62. The first-order valence-electron chi connectivity index (χ1n) is 6.96. The van der Waals surface area contributed by atoms with Gasteiger partial charge in [-0.1, -0.05) is 13.8 Å². The summed E-state index contributed by atoms with van der Waals surface area (Å²) >= 11 is 0. The average Bonchev–Trinajstić information content (AvgIpc) is 2.46. The summed E-state index contributed by atoms with van der Waals surface area (Å²) in [6.45, 7) is 3.95. The Morgan fingerprint density at radius 1 is 1.24 bits per heavy atom. The van der Waals surface area contributed by atoms with Crippen molar-refractivity contribution in [1.82, 2.24) is 10.0 Å². The number of benzene rings is 1. The zero-order valence-corrected chi connectivity index (χ0v) is 13.1. The highest BCUT2D eigenvalue weighted by molar-refractivity contribution is 7.89. The second kappa shape index (κ2) is 8.11. The molecule has 6 nitrogen and oxygen atoms in total. The first kappa shape index (κ1) is 17.6. The lowest BCUT2D eigenvalue weighted by Gasteiger charge is -2.15. The monoisotopic (exact) mass is 314 g/mol. The molecule has 1 aromatic rings. The Hall–Kier alpha value is -1.44. The normalized spacial score (nSPS) is 12.9. The molecule has 0 aliphatic carbocycles. The Kier molecular flexibility index (Phi) is 6.80. The van der Waals surface area contributed by atoms with Crippen LogP contribution in [0.5, 0.6) is 0 Å². The van der Waals surface area contributed by atoms with Crippen molar-refractivity contribution in [1.29, 1.82) is 0 Å². The summed E-state index contributed by atoms with van der Waals surface area (Å²) < 4.78 is 26.0. The van der Waals surface area contributed by atoms with Crippen LogP contribution >= 0.6 is 0 Å². The van der Waals surface area contributed by atoms with Crippen LogP contribution in [0.25, 0.3) is 0 Å². The van der Waals surface area contributed by atoms with Crippen molar-refractivity contribution in [3.8, 4) is 0 Å². The molecule has 1 aromatic carbocycles. The summed E-state index contributed by atoms with van der Waals surface area (Å²) in [5, 5.41) is 11.7. The van der Waals surface area contributed by atoms with E-state index in [1.807, 2.05) is 6.92 Å². The molecule has 0 saturated heterocycles. The molecule has 0 spiro atoms. The molecule has 0 aliphatic heterocycles. The molecule has 0 aliphatic rings. The minimum atomic E-state index is -3.50. The lowest BCUT2D eigenvalue weighted by atomic mass is 10.1. The van der Waals surface area contributed by atoms with Gasteiger partial charge in [0.25, 0.3) is 5.91 Å². The number of rotatable bonds is 8. The van der Waals surface area contributed by atoms with Gasteiger partial charge >= 0.3 is 0 Å². The van der Waals surface area contributed by atoms with E-state index in [2.05, 4.69) is 10.0 Å². The van der Waals surface area contributed by atoms with Gasteiger partial charge in [0.1, 0.15) is 0 Å². The number of hydrogen-bond acceptors (Lipinski definition) is 4. The summed E-state index contributed by atoms with van der Waals surface area (Å²) in [6.07, 6.45) is 1.22.